The lowest BCUT2D eigenvalue weighted by molar-refractivity contribution is -0.123. The first-order valence-electron chi connectivity index (χ1n) is 7.29. The van der Waals surface area contributed by atoms with Crippen LogP contribution in [-0.2, 0) is 4.79 Å². The number of hydrogen-bond acceptors (Lipinski definition) is 4. The predicted molar refractivity (Wildman–Crippen MR) is 90.2 cm³/mol. The highest BCUT2D eigenvalue weighted by atomic mass is 35.5. The Bertz CT molecular complexity index is 687. The topological polar surface area (TPSA) is 76.7 Å². The van der Waals surface area contributed by atoms with E-state index in [4.69, 9.17) is 21.1 Å². The highest BCUT2D eigenvalue weighted by Crippen LogP contribution is 2.15. The molecular weight excluding hydrogens is 332 g/mol. The van der Waals surface area contributed by atoms with Gasteiger partial charge >= 0.3 is 0 Å². The quantitative estimate of drug-likeness (QED) is 0.787. The number of hydrazine groups is 1. The van der Waals surface area contributed by atoms with E-state index < -0.39 is 11.8 Å². The van der Waals surface area contributed by atoms with Crippen molar-refractivity contribution in [2.75, 3.05) is 13.2 Å². The molecule has 2 aromatic rings. The van der Waals surface area contributed by atoms with Crippen molar-refractivity contribution < 1.29 is 19.1 Å². The number of halogens is 1. The number of hydrogen-bond donors (Lipinski definition) is 2. The van der Waals surface area contributed by atoms with Crippen molar-refractivity contribution in [1.82, 2.24) is 10.9 Å². The van der Waals surface area contributed by atoms with E-state index in [0.29, 0.717) is 28.7 Å². The second kappa shape index (κ2) is 8.79. The molecule has 0 spiro atoms. The van der Waals surface area contributed by atoms with Gasteiger partial charge in [0.2, 0.25) is 0 Å². The van der Waals surface area contributed by atoms with Gasteiger partial charge in [-0.15, -0.1) is 0 Å². The number of rotatable bonds is 6. The first-order valence-corrected chi connectivity index (χ1v) is 7.66. The largest absolute Gasteiger partial charge is 0.494 e. The minimum atomic E-state index is -0.482. The Labute approximate surface area is 144 Å². The van der Waals surface area contributed by atoms with E-state index in [9.17, 15) is 9.59 Å². The summed E-state index contributed by atoms with van der Waals surface area (Å²) < 4.78 is 10.6. The Morgan fingerprint density at radius 2 is 1.50 bits per heavy atom. The summed E-state index contributed by atoms with van der Waals surface area (Å²) in [6.45, 7) is 2.20. The van der Waals surface area contributed by atoms with Crippen LogP contribution in [0, 0.1) is 0 Å². The number of benzene rings is 2. The maximum absolute atomic E-state index is 11.9. The van der Waals surface area contributed by atoms with Crippen molar-refractivity contribution in [3.8, 4) is 11.5 Å². The third-order valence-electron chi connectivity index (χ3n) is 2.93. The third kappa shape index (κ3) is 5.48. The van der Waals surface area contributed by atoms with Crippen molar-refractivity contribution >= 4 is 23.4 Å². The molecule has 0 saturated heterocycles. The first-order chi connectivity index (χ1) is 11.6. The molecule has 126 valence electrons. The van der Waals surface area contributed by atoms with E-state index >= 15 is 0 Å². The maximum Gasteiger partial charge on any atom is 0.276 e. The zero-order chi connectivity index (χ0) is 17.4. The summed E-state index contributed by atoms with van der Waals surface area (Å²) in [7, 11) is 0. The van der Waals surface area contributed by atoms with E-state index in [0.717, 1.165) is 0 Å². The summed E-state index contributed by atoms with van der Waals surface area (Å²) >= 11 is 5.75. The Kier molecular flexibility index (Phi) is 6.45. The van der Waals surface area contributed by atoms with Gasteiger partial charge in [0.25, 0.3) is 11.8 Å². The summed E-state index contributed by atoms with van der Waals surface area (Å²) in [6.07, 6.45) is 0. The molecule has 2 N–H and O–H groups in total. The van der Waals surface area contributed by atoms with Crippen LogP contribution in [0.1, 0.15) is 17.3 Å². The van der Waals surface area contributed by atoms with Crippen LogP contribution >= 0.6 is 11.6 Å². The lowest BCUT2D eigenvalue weighted by atomic mass is 10.2. The van der Waals surface area contributed by atoms with Gasteiger partial charge in [0, 0.05) is 10.6 Å². The number of carbonyl (C=O) groups is 2. The molecule has 0 aliphatic carbocycles. The monoisotopic (exact) mass is 348 g/mol. The van der Waals surface area contributed by atoms with E-state index in [-0.39, 0.29) is 6.61 Å². The zero-order valence-corrected chi connectivity index (χ0v) is 13.8. The van der Waals surface area contributed by atoms with E-state index in [1.54, 1.807) is 48.5 Å². The maximum atomic E-state index is 11.9. The lowest BCUT2D eigenvalue weighted by Crippen LogP contribution is -2.43. The molecule has 0 atom stereocenters. The van der Waals surface area contributed by atoms with Gasteiger partial charge in [-0.3, -0.25) is 20.4 Å². The van der Waals surface area contributed by atoms with Gasteiger partial charge in [0.1, 0.15) is 11.5 Å². The molecule has 0 saturated carbocycles. The fourth-order valence-corrected chi connectivity index (χ4v) is 1.91. The second-order valence-corrected chi connectivity index (χ2v) is 5.14. The van der Waals surface area contributed by atoms with Gasteiger partial charge in [-0.2, -0.15) is 0 Å². The van der Waals surface area contributed by atoms with Gasteiger partial charge in [-0.05, 0) is 55.5 Å². The Morgan fingerprint density at radius 3 is 2.12 bits per heavy atom. The predicted octanol–water partition coefficient (Wildman–Crippen LogP) is 2.58. The molecule has 0 aromatic heterocycles. The normalized spacial score (nSPS) is 9.92. The van der Waals surface area contributed by atoms with Crippen molar-refractivity contribution in [2.24, 2.45) is 0 Å². The molecule has 0 aliphatic heterocycles. The molecule has 0 aliphatic rings. The van der Waals surface area contributed by atoms with Gasteiger partial charge in [-0.25, -0.2) is 0 Å². The summed E-state index contributed by atoms with van der Waals surface area (Å²) in [4.78, 5) is 23.6. The number of nitrogens with one attached hydrogen (secondary N) is 2. The van der Waals surface area contributed by atoms with Gasteiger partial charge in [0.05, 0.1) is 6.61 Å². The highest BCUT2D eigenvalue weighted by molar-refractivity contribution is 6.30. The average Bonchev–Trinajstić information content (AvgIpc) is 2.60. The fourth-order valence-electron chi connectivity index (χ4n) is 1.78. The molecule has 2 amide bonds. The number of amides is 2. The van der Waals surface area contributed by atoms with Crippen molar-refractivity contribution in [1.29, 1.82) is 0 Å². The molecule has 0 bridgehead atoms. The minimum absolute atomic E-state index is 0.231. The molecule has 0 fully saturated rings. The third-order valence-corrected chi connectivity index (χ3v) is 3.18. The van der Waals surface area contributed by atoms with Crippen LogP contribution in [0.15, 0.2) is 48.5 Å². The number of ether oxygens (including phenoxy) is 2. The zero-order valence-electron chi connectivity index (χ0n) is 13.0. The van der Waals surface area contributed by atoms with E-state index in [1.165, 1.54) is 0 Å². The van der Waals surface area contributed by atoms with Gasteiger partial charge in [0.15, 0.2) is 6.61 Å². The van der Waals surface area contributed by atoms with Crippen LogP contribution in [0.3, 0.4) is 0 Å². The highest BCUT2D eigenvalue weighted by Gasteiger charge is 2.08. The molecule has 6 nitrogen and oxygen atoms in total. The Hall–Kier alpha value is -2.73. The molecule has 0 radical (unpaired) electrons. The molecule has 0 heterocycles. The summed E-state index contributed by atoms with van der Waals surface area (Å²) in [5.74, 6) is 0.268. The average molecular weight is 349 g/mol. The van der Waals surface area contributed by atoms with Crippen molar-refractivity contribution in [2.45, 2.75) is 6.92 Å². The minimum Gasteiger partial charge on any atom is -0.494 e. The van der Waals surface area contributed by atoms with Crippen LogP contribution in [0.5, 0.6) is 11.5 Å². The Balaban J connectivity index is 1.76. The molecule has 7 heteroatoms. The van der Waals surface area contributed by atoms with Crippen molar-refractivity contribution in [3.05, 3.63) is 59.1 Å². The lowest BCUT2D eigenvalue weighted by Gasteiger charge is -2.09. The molecule has 24 heavy (non-hydrogen) atoms. The van der Waals surface area contributed by atoms with Crippen molar-refractivity contribution in [3.63, 3.8) is 0 Å². The standard InChI is InChI=1S/C17H17ClN2O4/c1-2-23-14-7-3-12(4-8-14)17(22)20-19-16(21)11-24-15-9-5-13(18)6-10-15/h3-10H,2,11H2,1H3,(H,19,21)(H,20,22). The molecule has 2 rings (SSSR count). The molecular formula is C17H17ClN2O4. The molecule has 2 aromatic carbocycles. The van der Waals surface area contributed by atoms with Crippen LogP contribution in [-0.4, -0.2) is 25.0 Å². The second-order valence-electron chi connectivity index (χ2n) is 4.70. The van der Waals surface area contributed by atoms with Crippen LogP contribution in [0.2, 0.25) is 5.02 Å². The van der Waals surface area contributed by atoms with Gasteiger partial charge in [-0.1, -0.05) is 11.6 Å². The van der Waals surface area contributed by atoms with Crippen LogP contribution < -0.4 is 20.3 Å². The summed E-state index contributed by atoms with van der Waals surface area (Å²) in [5, 5.41) is 0.578. The summed E-state index contributed by atoms with van der Waals surface area (Å²) in [6, 6.07) is 13.2. The molecule has 0 unspecified atom stereocenters. The van der Waals surface area contributed by atoms with Crippen LogP contribution in [0.4, 0.5) is 0 Å². The fraction of sp³-hybridized carbons (Fsp3) is 0.176. The smallest absolute Gasteiger partial charge is 0.276 e. The van der Waals surface area contributed by atoms with Crippen LogP contribution in [0.25, 0.3) is 0 Å². The van der Waals surface area contributed by atoms with E-state index in [2.05, 4.69) is 10.9 Å². The SMILES string of the molecule is CCOc1ccc(C(=O)NNC(=O)COc2ccc(Cl)cc2)cc1. The summed E-state index contributed by atoms with van der Waals surface area (Å²) in [5.41, 5.74) is 5.00. The Morgan fingerprint density at radius 1 is 0.917 bits per heavy atom. The first kappa shape index (κ1) is 17.6. The number of carbonyl (C=O) groups excluding carboxylic acids is 2. The van der Waals surface area contributed by atoms with Gasteiger partial charge < -0.3 is 9.47 Å². The van der Waals surface area contributed by atoms with E-state index in [1.807, 2.05) is 6.92 Å².